The molecular weight excluding hydrogens is 364 g/mol. The van der Waals surface area contributed by atoms with Crippen LogP contribution in [0.4, 0.5) is 0 Å². The molecule has 0 bridgehead atoms. The maximum Gasteiger partial charge on any atom is 0.257 e. The van der Waals surface area contributed by atoms with E-state index in [1.54, 1.807) is 0 Å². The van der Waals surface area contributed by atoms with Gasteiger partial charge in [0.25, 0.3) is 5.89 Å². The normalized spacial score (nSPS) is 19.3. The van der Waals surface area contributed by atoms with E-state index < -0.39 is 0 Å². The Kier molecular flexibility index (Phi) is 4.86. The summed E-state index contributed by atoms with van der Waals surface area (Å²) >= 11 is 0. The van der Waals surface area contributed by atoms with Crippen molar-refractivity contribution in [3.05, 3.63) is 71.5 Å². The summed E-state index contributed by atoms with van der Waals surface area (Å²) in [6, 6.07) is 18.0. The van der Waals surface area contributed by atoms with Gasteiger partial charge in [0.1, 0.15) is 0 Å². The van der Waals surface area contributed by atoms with E-state index in [2.05, 4.69) is 39.3 Å². The summed E-state index contributed by atoms with van der Waals surface area (Å²) in [4.78, 5) is 22.0. The van der Waals surface area contributed by atoms with Crippen LogP contribution in [0.2, 0.25) is 0 Å². The second kappa shape index (κ2) is 7.79. The number of nitrogens with zero attached hydrogens (tertiary/aromatic N) is 4. The van der Waals surface area contributed by atoms with Crippen LogP contribution in [0.25, 0.3) is 11.5 Å². The second-order valence-electron chi connectivity index (χ2n) is 7.81. The molecular formula is C23H24N4O2. The minimum atomic E-state index is -0.179. The number of fused-ring (bicyclic) bond motifs is 1. The Morgan fingerprint density at radius 2 is 1.72 bits per heavy atom. The van der Waals surface area contributed by atoms with Crippen LogP contribution in [0.1, 0.15) is 29.8 Å². The van der Waals surface area contributed by atoms with Crippen molar-refractivity contribution in [1.82, 2.24) is 19.9 Å². The molecule has 1 fully saturated rings. The van der Waals surface area contributed by atoms with Crippen LogP contribution in [0.5, 0.6) is 0 Å². The van der Waals surface area contributed by atoms with E-state index in [-0.39, 0.29) is 11.9 Å². The van der Waals surface area contributed by atoms with Crippen molar-refractivity contribution in [1.29, 1.82) is 0 Å². The molecule has 1 saturated heterocycles. The number of benzene rings is 2. The van der Waals surface area contributed by atoms with Gasteiger partial charge in [-0.3, -0.25) is 9.69 Å². The monoisotopic (exact) mass is 388 g/mol. The Balaban J connectivity index is 1.40. The van der Waals surface area contributed by atoms with Gasteiger partial charge in [0.2, 0.25) is 5.91 Å². The Labute approximate surface area is 170 Å². The van der Waals surface area contributed by atoms with Gasteiger partial charge in [-0.1, -0.05) is 47.6 Å². The van der Waals surface area contributed by atoms with Crippen molar-refractivity contribution in [3.8, 4) is 11.5 Å². The fourth-order valence-electron chi connectivity index (χ4n) is 4.33. The lowest BCUT2D eigenvalue weighted by Crippen LogP contribution is -2.50. The molecule has 1 aromatic heterocycles. The number of amides is 1. The quantitative estimate of drug-likeness (QED) is 0.686. The van der Waals surface area contributed by atoms with E-state index in [9.17, 15) is 4.79 Å². The van der Waals surface area contributed by atoms with Crippen molar-refractivity contribution in [2.24, 2.45) is 0 Å². The molecule has 2 aliphatic heterocycles. The van der Waals surface area contributed by atoms with Crippen molar-refractivity contribution in [3.63, 3.8) is 0 Å². The van der Waals surface area contributed by atoms with Gasteiger partial charge in [0.15, 0.2) is 5.82 Å². The van der Waals surface area contributed by atoms with Crippen LogP contribution in [-0.4, -0.2) is 45.0 Å². The summed E-state index contributed by atoms with van der Waals surface area (Å²) < 4.78 is 5.47. The molecule has 29 heavy (non-hydrogen) atoms. The zero-order chi connectivity index (χ0) is 19.6. The molecule has 148 valence electrons. The molecule has 6 nitrogen and oxygen atoms in total. The highest BCUT2D eigenvalue weighted by molar-refractivity contribution is 5.82. The SMILES string of the molecule is O=C([C@H]1Cc2ccccc2CN1Cc1noc(-c2ccccc2)n1)N1CCCC1. The van der Waals surface area contributed by atoms with E-state index in [0.29, 0.717) is 18.3 Å². The molecule has 0 N–H and O–H groups in total. The maximum absolute atomic E-state index is 13.3. The predicted molar refractivity (Wildman–Crippen MR) is 109 cm³/mol. The van der Waals surface area contributed by atoms with Gasteiger partial charge < -0.3 is 9.42 Å². The number of carbonyl (C=O) groups is 1. The summed E-state index contributed by atoms with van der Waals surface area (Å²) in [6.07, 6.45) is 2.93. The number of rotatable bonds is 4. The van der Waals surface area contributed by atoms with Crippen LogP contribution in [0.15, 0.2) is 59.1 Å². The summed E-state index contributed by atoms with van der Waals surface area (Å²) in [6.45, 7) is 2.95. The highest BCUT2D eigenvalue weighted by Gasteiger charge is 2.35. The van der Waals surface area contributed by atoms with Crippen LogP contribution < -0.4 is 0 Å². The van der Waals surface area contributed by atoms with Crippen molar-refractivity contribution in [2.45, 2.75) is 38.4 Å². The first kappa shape index (κ1) is 18.1. The molecule has 6 heteroatoms. The molecule has 3 heterocycles. The van der Waals surface area contributed by atoms with Gasteiger partial charge >= 0.3 is 0 Å². The number of likely N-dealkylation sites (tertiary alicyclic amines) is 1. The Morgan fingerprint density at radius 3 is 2.52 bits per heavy atom. The van der Waals surface area contributed by atoms with Crippen molar-refractivity contribution < 1.29 is 9.32 Å². The average molecular weight is 388 g/mol. The van der Waals surface area contributed by atoms with E-state index in [0.717, 1.165) is 44.5 Å². The van der Waals surface area contributed by atoms with Crippen molar-refractivity contribution in [2.75, 3.05) is 13.1 Å². The third-order valence-corrected chi connectivity index (χ3v) is 5.88. The zero-order valence-corrected chi connectivity index (χ0v) is 16.3. The molecule has 3 aromatic rings. The fourth-order valence-corrected chi connectivity index (χ4v) is 4.33. The largest absolute Gasteiger partial charge is 0.341 e. The van der Waals surface area contributed by atoms with E-state index in [4.69, 9.17) is 4.52 Å². The van der Waals surface area contributed by atoms with Crippen molar-refractivity contribution >= 4 is 5.91 Å². The fraction of sp³-hybridized carbons (Fsp3) is 0.348. The first-order chi connectivity index (χ1) is 14.3. The highest BCUT2D eigenvalue weighted by Crippen LogP contribution is 2.27. The van der Waals surface area contributed by atoms with E-state index >= 15 is 0 Å². The van der Waals surface area contributed by atoms with Gasteiger partial charge in [-0.25, -0.2) is 0 Å². The van der Waals surface area contributed by atoms with E-state index in [1.807, 2.05) is 35.2 Å². The summed E-state index contributed by atoms with van der Waals surface area (Å²) in [5.41, 5.74) is 3.43. The third-order valence-electron chi connectivity index (χ3n) is 5.88. The first-order valence-corrected chi connectivity index (χ1v) is 10.3. The van der Waals surface area contributed by atoms with Gasteiger partial charge in [-0.2, -0.15) is 4.98 Å². The molecule has 2 aliphatic rings. The predicted octanol–water partition coefficient (Wildman–Crippen LogP) is 3.29. The summed E-state index contributed by atoms with van der Waals surface area (Å²) in [5, 5.41) is 4.18. The average Bonchev–Trinajstić information content (AvgIpc) is 3.46. The lowest BCUT2D eigenvalue weighted by molar-refractivity contribution is -0.136. The third kappa shape index (κ3) is 3.68. The molecule has 0 aliphatic carbocycles. The summed E-state index contributed by atoms with van der Waals surface area (Å²) in [5.74, 6) is 1.35. The molecule has 5 rings (SSSR count). The zero-order valence-electron chi connectivity index (χ0n) is 16.3. The molecule has 0 unspecified atom stereocenters. The Bertz CT molecular complexity index is 995. The van der Waals surface area contributed by atoms with Gasteiger partial charge in [0, 0.05) is 25.2 Å². The van der Waals surface area contributed by atoms with Crippen LogP contribution >= 0.6 is 0 Å². The minimum absolute atomic E-state index is 0.179. The molecule has 0 radical (unpaired) electrons. The highest BCUT2D eigenvalue weighted by atomic mass is 16.5. The Hall–Kier alpha value is -2.99. The lowest BCUT2D eigenvalue weighted by Gasteiger charge is -2.37. The van der Waals surface area contributed by atoms with Crippen LogP contribution in [0, 0.1) is 0 Å². The van der Waals surface area contributed by atoms with E-state index in [1.165, 1.54) is 11.1 Å². The smallest absolute Gasteiger partial charge is 0.257 e. The minimum Gasteiger partial charge on any atom is -0.341 e. The number of aromatic nitrogens is 2. The second-order valence-corrected chi connectivity index (χ2v) is 7.81. The molecule has 0 saturated carbocycles. The first-order valence-electron chi connectivity index (χ1n) is 10.3. The molecule has 2 aromatic carbocycles. The topological polar surface area (TPSA) is 62.5 Å². The van der Waals surface area contributed by atoms with Crippen LogP contribution in [0.3, 0.4) is 0 Å². The van der Waals surface area contributed by atoms with Gasteiger partial charge in [-0.15, -0.1) is 0 Å². The van der Waals surface area contributed by atoms with Gasteiger partial charge in [0.05, 0.1) is 12.6 Å². The lowest BCUT2D eigenvalue weighted by atomic mass is 9.93. The molecule has 1 amide bonds. The molecule has 0 spiro atoms. The van der Waals surface area contributed by atoms with Crippen LogP contribution in [-0.2, 0) is 24.3 Å². The standard InChI is InChI=1S/C23H24N4O2/c28-23(26-12-6-7-13-26)20-14-18-10-4-5-11-19(18)15-27(20)16-21-24-22(29-25-21)17-8-2-1-3-9-17/h1-5,8-11,20H,6-7,12-16H2/t20-/m1/s1. The number of hydrogen-bond acceptors (Lipinski definition) is 5. The van der Waals surface area contributed by atoms with Gasteiger partial charge in [-0.05, 0) is 42.5 Å². The summed E-state index contributed by atoms with van der Waals surface area (Å²) in [7, 11) is 0. The number of hydrogen-bond donors (Lipinski definition) is 0. The molecule has 1 atom stereocenters. The maximum atomic E-state index is 13.3. The Morgan fingerprint density at radius 1 is 1.00 bits per heavy atom. The number of carbonyl (C=O) groups excluding carboxylic acids is 1.